The van der Waals surface area contributed by atoms with Crippen molar-refractivity contribution in [3.05, 3.63) is 11.7 Å². The zero-order valence-corrected chi connectivity index (χ0v) is 10.8. The van der Waals surface area contributed by atoms with E-state index in [1.807, 2.05) is 6.92 Å². The van der Waals surface area contributed by atoms with Crippen molar-refractivity contribution < 1.29 is 19.1 Å². The Balaban J connectivity index is 1.95. The van der Waals surface area contributed by atoms with Crippen LogP contribution in [0.1, 0.15) is 37.6 Å². The fourth-order valence-electron chi connectivity index (χ4n) is 1.92. The van der Waals surface area contributed by atoms with Crippen molar-refractivity contribution in [2.75, 3.05) is 20.3 Å². The molecular formula is C12H20N2O4. The van der Waals surface area contributed by atoms with E-state index in [0.717, 1.165) is 12.8 Å². The van der Waals surface area contributed by atoms with Crippen LogP contribution in [0, 0.1) is 5.92 Å². The Morgan fingerprint density at radius 1 is 1.50 bits per heavy atom. The second-order valence-corrected chi connectivity index (χ2v) is 4.57. The van der Waals surface area contributed by atoms with Crippen molar-refractivity contribution in [1.82, 2.24) is 10.1 Å². The third kappa shape index (κ3) is 3.51. The first-order valence-electron chi connectivity index (χ1n) is 6.35. The molecule has 0 bridgehead atoms. The van der Waals surface area contributed by atoms with Gasteiger partial charge in [-0.1, -0.05) is 5.16 Å². The summed E-state index contributed by atoms with van der Waals surface area (Å²) in [5.74, 6) is 1.54. The lowest BCUT2D eigenvalue weighted by Gasteiger charge is -2.11. The standard InChI is InChI=1S/C12H20N2O4/c1-3-17-11(8-4-5-8)12-13-10(18-14-12)6-9(15)7-16-2/h8-9,11,15H,3-7H2,1-2H3. The average molecular weight is 256 g/mol. The van der Waals surface area contributed by atoms with Gasteiger partial charge < -0.3 is 19.1 Å². The highest BCUT2D eigenvalue weighted by Gasteiger charge is 2.36. The Kier molecular flexibility index (Phi) is 4.68. The van der Waals surface area contributed by atoms with E-state index in [1.165, 1.54) is 0 Å². The minimum atomic E-state index is -0.616. The maximum atomic E-state index is 9.59. The van der Waals surface area contributed by atoms with Gasteiger partial charge in [0.2, 0.25) is 11.7 Å². The maximum Gasteiger partial charge on any atom is 0.229 e. The van der Waals surface area contributed by atoms with Crippen LogP contribution < -0.4 is 0 Å². The molecule has 1 saturated carbocycles. The van der Waals surface area contributed by atoms with Crippen molar-refractivity contribution >= 4 is 0 Å². The molecule has 6 heteroatoms. The van der Waals surface area contributed by atoms with Gasteiger partial charge in [-0.2, -0.15) is 4.98 Å². The van der Waals surface area contributed by atoms with Crippen molar-refractivity contribution in [2.45, 2.75) is 38.4 Å². The number of aromatic nitrogens is 2. The van der Waals surface area contributed by atoms with Gasteiger partial charge in [0.25, 0.3) is 0 Å². The normalized spacial score (nSPS) is 18.8. The molecule has 1 aliphatic carbocycles. The lowest BCUT2D eigenvalue weighted by atomic mass is 10.2. The van der Waals surface area contributed by atoms with Gasteiger partial charge >= 0.3 is 0 Å². The number of hydrogen-bond acceptors (Lipinski definition) is 6. The SMILES string of the molecule is CCOC(c1noc(CC(O)COC)n1)C1CC1. The van der Waals surface area contributed by atoms with Gasteiger partial charge in [-0.3, -0.25) is 0 Å². The summed E-state index contributed by atoms with van der Waals surface area (Å²) in [5.41, 5.74) is 0. The molecule has 0 radical (unpaired) electrons. The van der Waals surface area contributed by atoms with Crippen LogP contribution in [0.25, 0.3) is 0 Å². The number of nitrogens with zero attached hydrogens (tertiary/aromatic N) is 2. The van der Waals surface area contributed by atoms with Crippen LogP contribution in [0.5, 0.6) is 0 Å². The third-order valence-electron chi connectivity index (χ3n) is 2.90. The Morgan fingerprint density at radius 2 is 2.28 bits per heavy atom. The van der Waals surface area contributed by atoms with Gasteiger partial charge in [0.15, 0.2) is 0 Å². The Hall–Kier alpha value is -0.980. The summed E-state index contributed by atoms with van der Waals surface area (Å²) in [4.78, 5) is 4.29. The van der Waals surface area contributed by atoms with Gasteiger partial charge in [-0.25, -0.2) is 0 Å². The number of rotatable bonds is 8. The highest BCUT2D eigenvalue weighted by Crippen LogP contribution is 2.42. The first kappa shape index (κ1) is 13.5. The quantitative estimate of drug-likeness (QED) is 0.750. The number of methoxy groups -OCH3 is 1. The summed E-state index contributed by atoms with van der Waals surface area (Å²) in [6.07, 6.45) is 1.94. The summed E-state index contributed by atoms with van der Waals surface area (Å²) in [6.45, 7) is 2.85. The molecular weight excluding hydrogens is 236 g/mol. The Morgan fingerprint density at radius 3 is 2.89 bits per heavy atom. The average Bonchev–Trinajstić information content (AvgIpc) is 3.07. The van der Waals surface area contributed by atoms with E-state index in [4.69, 9.17) is 14.0 Å². The third-order valence-corrected chi connectivity index (χ3v) is 2.90. The highest BCUT2D eigenvalue weighted by molar-refractivity contribution is 4.98. The largest absolute Gasteiger partial charge is 0.390 e. The zero-order chi connectivity index (χ0) is 13.0. The molecule has 0 saturated heterocycles. The van der Waals surface area contributed by atoms with Gasteiger partial charge in [0, 0.05) is 13.7 Å². The lowest BCUT2D eigenvalue weighted by Crippen LogP contribution is -2.17. The van der Waals surface area contributed by atoms with Crippen molar-refractivity contribution in [3.8, 4) is 0 Å². The fourth-order valence-corrected chi connectivity index (χ4v) is 1.92. The summed E-state index contributed by atoms with van der Waals surface area (Å²) < 4.78 is 15.6. The molecule has 0 aromatic carbocycles. The van der Waals surface area contributed by atoms with E-state index in [2.05, 4.69) is 10.1 Å². The van der Waals surface area contributed by atoms with Crippen LogP contribution in [0.2, 0.25) is 0 Å². The van der Waals surface area contributed by atoms with Crippen LogP contribution in [-0.4, -0.2) is 41.7 Å². The molecule has 1 N–H and O–H groups in total. The molecule has 2 atom stereocenters. The summed E-state index contributed by atoms with van der Waals surface area (Å²) >= 11 is 0. The minimum absolute atomic E-state index is 0.0629. The summed E-state index contributed by atoms with van der Waals surface area (Å²) in [6, 6.07) is 0. The highest BCUT2D eigenvalue weighted by atomic mass is 16.5. The second-order valence-electron chi connectivity index (χ2n) is 4.57. The Labute approximate surface area is 106 Å². The molecule has 6 nitrogen and oxygen atoms in total. The molecule has 1 aromatic rings. The van der Waals surface area contributed by atoms with Crippen molar-refractivity contribution in [3.63, 3.8) is 0 Å². The van der Waals surface area contributed by atoms with E-state index in [1.54, 1.807) is 7.11 Å². The number of aliphatic hydroxyl groups is 1. The Bertz CT molecular complexity index is 365. The molecule has 0 spiro atoms. The number of hydrogen-bond donors (Lipinski definition) is 1. The monoisotopic (exact) mass is 256 g/mol. The van der Waals surface area contributed by atoms with Crippen LogP contribution in [0.3, 0.4) is 0 Å². The molecule has 18 heavy (non-hydrogen) atoms. The summed E-state index contributed by atoms with van der Waals surface area (Å²) in [5, 5.41) is 13.5. The van der Waals surface area contributed by atoms with Crippen molar-refractivity contribution in [1.29, 1.82) is 0 Å². The van der Waals surface area contributed by atoms with Gasteiger partial charge in [0.1, 0.15) is 6.10 Å². The van der Waals surface area contributed by atoms with E-state index in [0.29, 0.717) is 30.7 Å². The van der Waals surface area contributed by atoms with Crippen LogP contribution in [0.4, 0.5) is 0 Å². The first-order chi connectivity index (χ1) is 8.74. The molecule has 2 unspecified atom stereocenters. The van der Waals surface area contributed by atoms with Gasteiger partial charge in [-0.15, -0.1) is 0 Å². The molecule has 1 aliphatic rings. The van der Waals surface area contributed by atoms with Crippen LogP contribution >= 0.6 is 0 Å². The molecule has 102 valence electrons. The number of ether oxygens (including phenoxy) is 2. The molecule has 1 aromatic heterocycles. The first-order valence-corrected chi connectivity index (χ1v) is 6.35. The van der Waals surface area contributed by atoms with Crippen LogP contribution in [0.15, 0.2) is 4.52 Å². The number of aliphatic hydroxyl groups excluding tert-OH is 1. The fraction of sp³-hybridized carbons (Fsp3) is 0.833. The van der Waals surface area contributed by atoms with E-state index >= 15 is 0 Å². The lowest BCUT2D eigenvalue weighted by molar-refractivity contribution is 0.0384. The molecule has 2 rings (SSSR count). The van der Waals surface area contributed by atoms with Gasteiger partial charge in [-0.05, 0) is 25.7 Å². The second kappa shape index (κ2) is 6.26. The van der Waals surface area contributed by atoms with Gasteiger partial charge in [0.05, 0.1) is 19.1 Å². The van der Waals surface area contributed by atoms with Crippen molar-refractivity contribution in [2.24, 2.45) is 5.92 Å². The smallest absolute Gasteiger partial charge is 0.229 e. The van der Waals surface area contributed by atoms with E-state index in [9.17, 15) is 5.11 Å². The zero-order valence-electron chi connectivity index (χ0n) is 10.8. The summed E-state index contributed by atoms with van der Waals surface area (Å²) in [7, 11) is 1.54. The van der Waals surface area contributed by atoms with E-state index in [-0.39, 0.29) is 12.7 Å². The van der Waals surface area contributed by atoms with E-state index < -0.39 is 6.10 Å². The molecule has 1 fully saturated rings. The predicted molar refractivity (Wildman–Crippen MR) is 63.0 cm³/mol. The maximum absolute atomic E-state index is 9.59. The van der Waals surface area contributed by atoms with Crippen LogP contribution in [-0.2, 0) is 15.9 Å². The minimum Gasteiger partial charge on any atom is -0.390 e. The topological polar surface area (TPSA) is 77.6 Å². The molecule has 1 heterocycles. The predicted octanol–water partition coefficient (Wildman–Crippen LogP) is 1.11. The molecule has 0 aliphatic heterocycles. The molecule has 0 amide bonds.